The first kappa shape index (κ1) is 16.9. The predicted octanol–water partition coefficient (Wildman–Crippen LogP) is 5.07. The summed E-state index contributed by atoms with van der Waals surface area (Å²) in [5.41, 5.74) is 2.46. The first-order valence-electron chi connectivity index (χ1n) is 9.37. The van der Waals surface area contributed by atoms with E-state index < -0.39 is 11.7 Å². The number of nitrogens with zero attached hydrogens (tertiary/aromatic N) is 1. The quantitative estimate of drug-likeness (QED) is 0.649. The monoisotopic (exact) mass is 371 g/mol. The van der Waals surface area contributed by atoms with Crippen LogP contribution in [-0.2, 0) is 5.41 Å². The van der Waals surface area contributed by atoms with Crippen LogP contribution in [0.15, 0.2) is 60.7 Å². The first-order valence-corrected chi connectivity index (χ1v) is 9.37. The molecule has 5 rings (SSSR count). The second kappa shape index (κ2) is 5.38. The minimum Gasteiger partial charge on any atom is -0.478 e. The lowest BCUT2D eigenvalue weighted by atomic mass is 9.75. The number of rotatable bonds is 1. The van der Waals surface area contributed by atoms with E-state index in [1.54, 1.807) is 18.2 Å². The van der Waals surface area contributed by atoms with E-state index in [1.165, 1.54) is 16.3 Å². The molecule has 2 aliphatic rings. The number of carboxylic acids is 1. The summed E-state index contributed by atoms with van der Waals surface area (Å²) in [5, 5.41) is 11.7. The van der Waals surface area contributed by atoms with Gasteiger partial charge >= 0.3 is 5.97 Å². The molecule has 0 fully saturated rings. The standard InChI is InChI=1S/C24H21NO3/c1-23(2)21-18-7-5-4-6-15(18)8-10-19(21)25(3)24(23)13-12-16-14-17(22(26)27)9-11-20(16)28-24/h4-14H,1-3H3,(H,26,27). The Balaban J connectivity index is 1.70. The summed E-state index contributed by atoms with van der Waals surface area (Å²) < 4.78 is 6.62. The third kappa shape index (κ3) is 1.97. The molecule has 2 aliphatic heterocycles. The Hall–Kier alpha value is -3.27. The second-order valence-corrected chi connectivity index (χ2v) is 8.05. The third-order valence-corrected chi connectivity index (χ3v) is 6.30. The number of hydrogen-bond acceptors (Lipinski definition) is 3. The molecule has 4 heteroatoms. The molecule has 0 aliphatic carbocycles. The van der Waals surface area contributed by atoms with Gasteiger partial charge < -0.3 is 14.7 Å². The van der Waals surface area contributed by atoms with Crippen LogP contribution in [0.3, 0.4) is 0 Å². The van der Waals surface area contributed by atoms with Crippen molar-refractivity contribution in [3.8, 4) is 5.75 Å². The molecule has 0 saturated heterocycles. The van der Waals surface area contributed by atoms with Gasteiger partial charge in [0.25, 0.3) is 0 Å². The lowest BCUT2D eigenvalue weighted by molar-refractivity contribution is 0.0585. The van der Waals surface area contributed by atoms with Crippen LogP contribution in [0.25, 0.3) is 16.8 Å². The fraction of sp³-hybridized carbons (Fsp3) is 0.208. The van der Waals surface area contributed by atoms with Crippen molar-refractivity contribution in [2.24, 2.45) is 0 Å². The zero-order valence-corrected chi connectivity index (χ0v) is 16.1. The summed E-state index contributed by atoms with van der Waals surface area (Å²) in [6.07, 6.45) is 4.05. The second-order valence-electron chi connectivity index (χ2n) is 8.05. The Morgan fingerprint density at radius 1 is 1.07 bits per heavy atom. The normalized spacial score (nSPS) is 21.5. The molecular formula is C24H21NO3. The molecule has 0 radical (unpaired) electrons. The number of carbonyl (C=O) groups is 1. The summed E-state index contributed by atoms with van der Waals surface area (Å²) in [4.78, 5) is 13.5. The number of hydrogen-bond donors (Lipinski definition) is 1. The van der Waals surface area contributed by atoms with E-state index in [9.17, 15) is 9.90 Å². The largest absolute Gasteiger partial charge is 0.478 e. The average molecular weight is 371 g/mol. The fourth-order valence-corrected chi connectivity index (χ4v) is 4.80. The first-order chi connectivity index (χ1) is 13.3. The van der Waals surface area contributed by atoms with Gasteiger partial charge in [-0.3, -0.25) is 0 Å². The van der Waals surface area contributed by atoms with Crippen LogP contribution in [0.1, 0.15) is 35.3 Å². The highest BCUT2D eigenvalue weighted by Crippen LogP contribution is 2.56. The maximum atomic E-state index is 11.3. The van der Waals surface area contributed by atoms with E-state index in [1.807, 2.05) is 6.08 Å². The molecule has 3 aromatic carbocycles. The van der Waals surface area contributed by atoms with Gasteiger partial charge in [-0.25, -0.2) is 4.79 Å². The van der Waals surface area contributed by atoms with Crippen molar-refractivity contribution in [1.82, 2.24) is 0 Å². The van der Waals surface area contributed by atoms with Gasteiger partial charge in [-0.15, -0.1) is 0 Å². The highest BCUT2D eigenvalue weighted by molar-refractivity contribution is 5.94. The Kier molecular flexibility index (Phi) is 3.24. The van der Waals surface area contributed by atoms with E-state index in [0.717, 1.165) is 11.3 Å². The zero-order chi connectivity index (χ0) is 19.7. The number of carboxylic acid groups (broad SMARTS) is 1. The highest BCUT2D eigenvalue weighted by Gasteiger charge is 2.58. The molecule has 0 aromatic heterocycles. The van der Waals surface area contributed by atoms with E-state index in [-0.39, 0.29) is 11.0 Å². The molecule has 0 saturated carbocycles. The summed E-state index contributed by atoms with van der Waals surface area (Å²) in [6.45, 7) is 4.42. The lowest BCUT2D eigenvalue weighted by Gasteiger charge is -2.45. The number of fused-ring (bicyclic) bond motifs is 4. The molecule has 2 heterocycles. The molecule has 0 amide bonds. The third-order valence-electron chi connectivity index (χ3n) is 6.30. The van der Waals surface area contributed by atoms with E-state index in [2.05, 4.69) is 68.3 Å². The maximum Gasteiger partial charge on any atom is 0.335 e. The molecule has 1 N–H and O–H groups in total. The number of anilines is 1. The topological polar surface area (TPSA) is 49.8 Å². The Bertz CT molecular complexity index is 1180. The van der Waals surface area contributed by atoms with Gasteiger partial charge in [0.2, 0.25) is 5.72 Å². The fourth-order valence-electron chi connectivity index (χ4n) is 4.80. The van der Waals surface area contributed by atoms with Gasteiger partial charge in [0, 0.05) is 18.3 Å². The minimum atomic E-state index is -0.936. The van der Waals surface area contributed by atoms with Crippen molar-refractivity contribution in [3.63, 3.8) is 0 Å². The van der Waals surface area contributed by atoms with Crippen LogP contribution in [0.2, 0.25) is 0 Å². The van der Waals surface area contributed by atoms with Crippen molar-refractivity contribution < 1.29 is 14.6 Å². The van der Waals surface area contributed by atoms with Crippen molar-refractivity contribution in [2.75, 3.05) is 11.9 Å². The van der Waals surface area contributed by atoms with Gasteiger partial charge in [0.15, 0.2) is 0 Å². The van der Waals surface area contributed by atoms with Gasteiger partial charge in [0.1, 0.15) is 5.75 Å². The molecule has 28 heavy (non-hydrogen) atoms. The van der Waals surface area contributed by atoms with E-state index in [4.69, 9.17) is 4.74 Å². The molecule has 140 valence electrons. The van der Waals surface area contributed by atoms with E-state index in [0.29, 0.717) is 5.75 Å². The Morgan fingerprint density at radius 2 is 1.86 bits per heavy atom. The molecule has 0 bridgehead atoms. The van der Waals surface area contributed by atoms with Gasteiger partial charge in [-0.05, 0) is 66.6 Å². The van der Waals surface area contributed by atoms with Crippen molar-refractivity contribution in [2.45, 2.75) is 25.0 Å². The molecule has 4 nitrogen and oxygen atoms in total. The summed E-state index contributed by atoms with van der Waals surface area (Å²) >= 11 is 0. The SMILES string of the molecule is CN1c2ccc3ccccc3c2C(C)(C)C12C=Cc1cc(C(=O)O)ccc1O2. The van der Waals surface area contributed by atoms with Gasteiger partial charge in [-0.2, -0.15) is 0 Å². The van der Waals surface area contributed by atoms with Crippen molar-refractivity contribution in [3.05, 3.63) is 77.4 Å². The van der Waals surface area contributed by atoms with Crippen molar-refractivity contribution >= 4 is 28.5 Å². The Morgan fingerprint density at radius 3 is 2.64 bits per heavy atom. The number of benzene rings is 3. The van der Waals surface area contributed by atoms with Crippen LogP contribution < -0.4 is 9.64 Å². The zero-order valence-electron chi connectivity index (χ0n) is 16.1. The van der Waals surface area contributed by atoms with Crippen LogP contribution in [0, 0.1) is 0 Å². The van der Waals surface area contributed by atoms with Crippen LogP contribution in [0.4, 0.5) is 5.69 Å². The molecule has 3 aromatic rings. The van der Waals surface area contributed by atoms with Crippen LogP contribution in [0.5, 0.6) is 5.75 Å². The highest BCUT2D eigenvalue weighted by atomic mass is 16.5. The molecular weight excluding hydrogens is 350 g/mol. The van der Waals surface area contributed by atoms with Gasteiger partial charge in [-0.1, -0.05) is 30.3 Å². The smallest absolute Gasteiger partial charge is 0.335 e. The number of aromatic carboxylic acids is 1. The lowest BCUT2D eigenvalue weighted by Crippen LogP contribution is -2.58. The molecule has 1 unspecified atom stereocenters. The predicted molar refractivity (Wildman–Crippen MR) is 111 cm³/mol. The summed E-state index contributed by atoms with van der Waals surface area (Å²) in [5.74, 6) is -0.238. The molecule has 1 atom stereocenters. The number of ether oxygens (including phenoxy) is 1. The van der Waals surface area contributed by atoms with E-state index >= 15 is 0 Å². The molecule has 1 spiro atoms. The van der Waals surface area contributed by atoms with Crippen molar-refractivity contribution in [1.29, 1.82) is 0 Å². The van der Waals surface area contributed by atoms with Crippen LogP contribution >= 0.6 is 0 Å². The summed E-state index contributed by atoms with van der Waals surface area (Å²) in [6, 6.07) is 17.8. The Labute approximate surface area is 163 Å². The van der Waals surface area contributed by atoms with Crippen LogP contribution in [-0.4, -0.2) is 23.8 Å². The van der Waals surface area contributed by atoms with Gasteiger partial charge in [0.05, 0.1) is 11.0 Å². The minimum absolute atomic E-state index is 0.260. The number of likely N-dealkylation sites (N-methyl/N-ethyl adjacent to an activating group) is 1. The average Bonchev–Trinajstić information content (AvgIpc) is 2.86. The maximum absolute atomic E-state index is 11.3. The summed E-state index contributed by atoms with van der Waals surface area (Å²) in [7, 11) is 2.06.